The Labute approximate surface area is 161 Å². The normalized spacial score (nSPS) is 25.5. The summed E-state index contributed by atoms with van der Waals surface area (Å²) in [5.41, 5.74) is 1.51. The molecule has 4 nitrogen and oxygen atoms in total. The number of carbonyl (C=O) groups excluding carboxylic acids is 1. The third-order valence-electron chi connectivity index (χ3n) is 4.84. The van der Waals surface area contributed by atoms with Crippen molar-refractivity contribution in [2.75, 3.05) is 13.2 Å². The van der Waals surface area contributed by atoms with Gasteiger partial charge in [0.1, 0.15) is 5.78 Å². The Morgan fingerprint density at radius 1 is 0.778 bits per heavy atom. The minimum Gasteiger partial charge on any atom is -0.375 e. The molecule has 1 heterocycles. The smallest absolute Gasteiger partial charge is 0.136 e. The number of hydrogen-bond donors (Lipinski definition) is 1. The van der Waals surface area contributed by atoms with Crippen LogP contribution in [0.15, 0.2) is 60.7 Å². The third-order valence-corrected chi connectivity index (χ3v) is 4.84. The van der Waals surface area contributed by atoms with Gasteiger partial charge in [-0.2, -0.15) is 0 Å². The van der Waals surface area contributed by atoms with Crippen molar-refractivity contribution in [2.45, 2.75) is 51.0 Å². The van der Waals surface area contributed by atoms with Crippen LogP contribution in [-0.4, -0.2) is 30.1 Å². The first-order valence-electron chi connectivity index (χ1n) is 9.51. The number of ether oxygens (including phenoxy) is 2. The van der Waals surface area contributed by atoms with Gasteiger partial charge in [-0.15, -0.1) is 0 Å². The third kappa shape index (κ3) is 5.99. The molecular formula is C23H29NO3. The maximum absolute atomic E-state index is 12.4. The predicted molar refractivity (Wildman–Crippen MR) is 106 cm³/mol. The van der Waals surface area contributed by atoms with Gasteiger partial charge < -0.3 is 14.8 Å². The molecule has 0 spiro atoms. The Kier molecular flexibility index (Phi) is 6.42. The fourth-order valence-electron chi connectivity index (χ4n) is 3.86. The number of piperidine rings is 1. The number of Topliss-reactive ketones (excluding diaryl/α,β-unsaturated/α-hetero) is 1. The lowest BCUT2D eigenvalue weighted by Crippen LogP contribution is -2.64. The lowest BCUT2D eigenvalue weighted by atomic mass is 9.80. The molecule has 0 saturated carbocycles. The Morgan fingerprint density at radius 3 is 1.59 bits per heavy atom. The Bertz CT molecular complexity index is 672. The SMILES string of the molecule is CC1(COCc2ccccc2)CC(=O)CC(C)(COCc2ccccc2)N1. The van der Waals surface area contributed by atoms with Crippen LogP contribution in [-0.2, 0) is 27.5 Å². The summed E-state index contributed by atoms with van der Waals surface area (Å²) < 4.78 is 11.8. The molecule has 2 unspecified atom stereocenters. The van der Waals surface area contributed by atoms with Gasteiger partial charge in [-0.1, -0.05) is 60.7 Å². The minimum absolute atomic E-state index is 0.255. The highest BCUT2D eigenvalue weighted by Crippen LogP contribution is 2.28. The van der Waals surface area contributed by atoms with Crippen LogP contribution in [0.25, 0.3) is 0 Å². The highest BCUT2D eigenvalue weighted by atomic mass is 16.5. The van der Waals surface area contributed by atoms with Gasteiger partial charge in [0.2, 0.25) is 0 Å². The van der Waals surface area contributed by atoms with E-state index in [4.69, 9.17) is 9.47 Å². The van der Waals surface area contributed by atoms with E-state index >= 15 is 0 Å². The first-order chi connectivity index (χ1) is 13.0. The fraction of sp³-hybridized carbons (Fsp3) is 0.435. The van der Waals surface area contributed by atoms with Crippen LogP contribution in [0.4, 0.5) is 0 Å². The summed E-state index contributed by atoms with van der Waals surface area (Å²) in [5, 5.41) is 3.64. The van der Waals surface area contributed by atoms with Gasteiger partial charge in [0.25, 0.3) is 0 Å². The Morgan fingerprint density at radius 2 is 1.19 bits per heavy atom. The van der Waals surface area contributed by atoms with E-state index in [0.717, 1.165) is 11.1 Å². The first-order valence-corrected chi connectivity index (χ1v) is 9.51. The summed E-state index contributed by atoms with van der Waals surface area (Å²) in [5.74, 6) is 0.255. The highest BCUT2D eigenvalue weighted by molar-refractivity contribution is 5.82. The van der Waals surface area contributed by atoms with E-state index in [-0.39, 0.29) is 16.9 Å². The largest absolute Gasteiger partial charge is 0.375 e. The van der Waals surface area contributed by atoms with Crippen molar-refractivity contribution in [3.63, 3.8) is 0 Å². The molecule has 0 radical (unpaired) electrons. The molecule has 0 aromatic heterocycles. The molecule has 0 amide bonds. The van der Waals surface area contributed by atoms with Crippen molar-refractivity contribution in [1.29, 1.82) is 0 Å². The van der Waals surface area contributed by atoms with Gasteiger partial charge in [-0.05, 0) is 25.0 Å². The van der Waals surface area contributed by atoms with Crippen molar-refractivity contribution in [3.05, 3.63) is 71.8 Å². The molecule has 1 fully saturated rings. The second-order valence-corrected chi connectivity index (χ2v) is 8.10. The van der Waals surface area contributed by atoms with Crippen LogP contribution >= 0.6 is 0 Å². The minimum atomic E-state index is -0.380. The summed E-state index contributed by atoms with van der Waals surface area (Å²) in [7, 11) is 0. The number of carbonyl (C=O) groups is 1. The van der Waals surface area contributed by atoms with Crippen LogP contribution in [0.3, 0.4) is 0 Å². The maximum Gasteiger partial charge on any atom is 0.136 e. The Balaban J connectivity index is 1.52. The predicted octanol–water partition coefficient (Wildman–Crippen LogP) is 3.89. The van der Waals surface area contributed by atoms with Gasteiger partial charge in [-0.25, -0.2) is 0 Å². The Hall–Kier alpha value is -2.01. The van der Waals surface area contributed by atoms with E-state index in [0.29, 0.717) is 39.3 Å². The maximum atomic E-state index is 12.4. The fourth-order valence-corrected chi connectivity index (χ4v) is 3.86. The molecule has 2 aromatic rings. The second-order valence-electron chi connectivity index (χ2n) is 8.10. The molecule has 3 rings (SSSR count). The molecule has 0 bridgehead atoms. The topological polar surface area (TPSA) is 47.6 Å². The average molecular weight is 367 g/mol. The van der Waals surface area contributed by atoms with Crippen molar-refractivity contribution < 1.29 is 14.3 Å². The zero-order valence-electron chi connectivity index (χ0n) is 16.2. The molecule has 144 valence electrons. The second kappa shape index (κ2) is 8.79. The van der Waals surface area contributed by atoms with Crippen LogP contribution in [0.5, 0.6) is 0 Å². The molecule has 2 aromatic carbocycles. The first kappa shape index (κ1) is 19.7. The van der Waals surface area contributed by atoms with Crippen LogP contribution in [0, 0.1) is 0 Å². The van der Waals surface area contributed by atoms with Gasteiger partial charge in [0.15, 0.2) is 0 Å². The van der Waals surface area contributed by atoms with Crippen molar-refractivity contribution >= 4 is 5.78 Å². The van der Waals surface area contributed by atoms with Gasteiger partial charge in [0.05, 0.1) is 26.4 Å². The van der Waals surface area contributed by atoms with E-state index in [2.05, 4.69) is 19.2 Å². The van der Waals surface area contributed by atoms with E-state index < -0.39 is 0 Å². The summed E-state index contributed by atoms with van der Waals surface area (Å²) >= 11 is 0. The van der Waals surface area contributed by atoms with E-state index in [1.807, 2.05) is 60.7 Å². The molecule has 0 aliphatic carbocycles. The van der Waals surface area contributed by atoms with E-state index in [1.54, 1.807) is 0 Å². The molecular weight excluding hydrogens is 338 g/mol. The molecule has 27 heavy (non-hydrogen) atoms. The number of benzene rings is 2. The van der Waals surface area contributed by atoms with Crippen molar-refractivity contribution in [2.24, 2.45) is 0 Å². The highest BCUT2D eigenvalue weighted by Gasteiger charge is 2.42. The molecule has 1 aliphatic heterocycles. The summed E-state index contributed by atoms with van der Waals surface area (Å²) in [4.78, 5) is 12.4. The monoisotopic (exact) mass is 367 g/mol. The van der Waals surface area contributed by atoms with Gasteiger partial charge in [0, 0.05) is 23.9 Å². The molecule has 1 N–H and O–H groups in total. The molecule has 4 heteroatoms. The quantitative estimate of drug-likeness (QED) is 0.769. The summed E-state index contributed by atoms with van der Waals surface area (Å²) in [6.45, 7) is 6.19. The average Bonchev–Trinajstić information content (AvgIpc) is 2.62. The van der Waals surface area contributed by atoms with Crippen LogP contribution in [0.2, 0.25) is 0 Å². The lowest BCUT2D eigenvalue weighted by Gasteiger charge is -2.45. The number of hydrogen-bond acceptors (Lipinski definition) is 4. The van der Waals surface area contributed by atoms with Crippen molar-refractivity contribution in [3.8, 4) is 0 Å². The van der Waals surface area contributed by atoms with Gasteiger partial charge in [-0.3, -0.25) is 4.79 Å². The molecule has 2 atom stereocenters. The standard InChI is InChI=1S/C23H29NO3/c1-22(17-26-15-19-9-5-3-6-10-19)13-21(25)14-23(2,24-22)18-27-16-20-11-7-4-8-12-20/h3-12,24H,13-18H2,1-2H3. The zero-order chi connectivity index (χ0) is 19.2. The summed E-state index contributed by atoms with van der Waals surface area (Å²) in [6, 6.07) is 20.2. The number of rotatable bonds is 8. The molecule has 1 aliphatic rings. The van der Waals surface area contributed by atoms with E-state index in [1.165, 1.54) is 0 Å². The van der Waals surface area contributed by atoms with Crippen molar-refractivity contribution in [1.82, 2.24) is 5.32 Å². The van der Waals surface area contributed by atoms with Crippen LogP contribution in [0.1, 0.15) is 37.8 Å². The summed E-state index contributed by atoms with van der Waals surface area (Å²) in [6.07, 6.45) is 0.964. The van der Waals surface area contributed by atoms with Crippen LogP contribution < -0.4 is 5.32 Å². The number of nitrogens with one attached hydrogen (secondary N) is 1. The molecule has 1 saturated heterocycles. The zero-order valence-corrected chi connectivity index (χ0v) is 16.2. The van der Waals surface area contributed by atoms with Gasteiger partial charge >= 0.3 is 0 Å². The van der Waals surface area contributed by atoms with E-state index in [9.17, 15) is 4.79 Å². The number of ketones is 1. The lowest BCUT2D eigenvalue weighted by molar-refractivity contribution is -0.128.